The van der Waals surface area contributed by atoms with Gasteiger partial charge in [0, 0.05) is 10.5 Å². The van der Waals surface area contributed by atoms with Gasteiger partial charge in [-0.2, -0.15) is 0 Å². The maximum Gasteiger partial charge on any atom is 0.317 e. The normalized spacial score (nSPS) is 14.2. The van der Waals surface area contributed by atoms with Crippen LogP contribution in [0, 0.1) is 16.0 Å². The van der Waals surface area contributed by atoms with Gasteiger partial charge in [-0.15, -0.1) is 0 Å². The Balaban J connectivity index is 2.66. The van der Waals surface area contributed by atoms with E-state index in [1.807, 2.05) is 0 Å². The van der Waals surface area contributed by atoms with Gasteiger partial charge in [-0.3, -0.25) is 19.7 Å². The summed E-state index contributed by atoms with van der Waals surface area (Å²) in [7, 11) is 1.17. The minimum Gasteiger partial charge on any atom is -0.468 e. The summed E-state index contributed by atoms with van der Waals surface area (Å²) < 4.78 is 4.76. The second-order valence-electron chi connectivity index (χ2n) is 5.69. The lowest BCUT2D eigenvalue weighted by atomic mass is 9.76. The van der Waals surface area contributed by atoms with E-state index in [1.54, 1.807) is 60.7 Å². The molecule has 0 aromatic heterocycles. The molecule has 2 aromatic rings. The molecule has 2 aromatic carbocycles. The Morgan fingerprint density at radius 2 is 1.44 bits per heavy atom. The maximum atomic E-state index is 12.3. The summed E-state index contributed by atoms with van der Waals surface area (Å²) in [5.74, 6) is -3.47. The SMILES string of the molecule is COC(=O)[C@H](C(C)=O)[C@@H](c1ccccc1)[C@H](c1ccccc1)[N+](=O)[O-]. The van der Waals surface area contributed by atoms with Crippen molar-refractivity contribution in [2.45, 2.75) is 18.9 Å². The number of carbonyl (C=O) groups is 2. The molecule has 0 heterocycles. The van der Waals surface area contributed by atoms with Crippen molar-refractivity contribution in [1.82, 2.24) is 0 Å². The van der Waals surface area contributed by atoms with E-state index in [1.165, 1.54) is 14.0 Å². The molecule has 6 nitrogen and oxygen atoms in total. The fraction of sp³-hybridized carbons (Fsp3) is 0.263. The van der Waals surface area contributed by atoms with Crippen LogP contribution in [-0.2, 0) is 14.3 Å². The van der Waals surface area contributed by atoms with E-state index in [2.05, 4.69) is 0 Å². The number of hydrogen-bond acceptors (Lipinski definition) is 5. The summed E-state index contributed by atoms with van der Waals surface area (Å²) in [5, 5.41) is 11.9. The van der Waals surface area contributed by atoms with Crippen molar-refractivity contribution in [3.63, 3.8) is 0 Å². The smallest absolute Gasteiger partial charge is 0.317 e. The molecule has 25 heavy (non-hydrogen) atoms. The molecule has 6 heteroatoms. The van der Waals surface area contributed by atoms with E-state index in [4.69, 9.17) is 4.74 Å². The lowest BCUT2D eigenvalue weighted by molar-refractivity contribution is -0.534. The van der Waals surface area contributed by atoms with Crippen LogP contribution in [0.3, 0.4) is 0 Å². The standard InChI is InChI=1S/C19H19NO5/c1-13(21)16(19(22)25-2)17(14-9-5-3-6-10-14)18(20(23)24)15-11-7-4-8-12-15/h3-12,16-18H,1-2H3/t16-,17-,18+/m1/s1. The number of nitro groups is 1. The highest BCUT2D eigenvalue weighted by Gasteiger charge is 2.45. The third-order valence-corrected chi connectivity index (χ3v) is 4.15. The number of methoxy groups -OCH3 is 1. The molecule has 0 aliphatic carbocycles. The molecule has 0 aliphatic rings. The first-order valence-corrected chi connectivity index (χ1v) is 7.79. The zero-order chi connectivity index (χ0) is 18.4. The first-order valence-electron chi connectivity index (χ1n) is 7.79. The summed E-state index contributed by atoms with van der Waals surface area (Å²) in [6.07, 6.45) is 0. The predicted octanol–water partition coefficient (Wildman–Crippen LogP) is 3.17. The number of benzene rings is 2. The summed E-state index contributed by atoms with van der Waals surface area (Å²) in [5.41, 5.74) is 0.968. The van der Waals surface area contributed by atoms with Crippen LogP contribution in [0.2, 0.25) is 0 Å². The minimum atomic E-state index is -1.26. The van der Waals surface area contributed by atoms with Crippen LogP contribution in [0.5, 0.6) is 0 Å². The van der Waals surface area contributed by atoms with Crippen molar-refractivity contribution < 1.29 is 19.2 Å². The van der Waals surface area contributed by atoms with Crippen molar-refractivity contribution in [3.05, 3.63) is 81.9 Å². The van der Waals surface area contributed by atoms with Crippen molar-refractivity contribution in [1.29, 1.82) is 0 Å². The average molecular weight is 341 g/mol. The molecular weight excluding hydrogens is 322 g/mol. The monoisotopic (exact) mass is 341 g/mol. The largest absolute Gasteiger partial charge is 0.468 e. The van der Waals surface area contributed by atoms with Gasteiger partial charge in [-0.05, 0) is 12.5 Å². The Morgan fingerprint density at radius 1 is 0.960 bits per heavy atom. The second kappa shape index (κ2) is 8.19. The topological polar surface area (TPSA) is 86.5 Å². The van der Waals surface area contributed by atoms with Crippen molar-refractivity contribution >= 4 is 11.8 Å². The highest BCUT2D eigenvalue weighted by Crippen LogP contribution is 2.40. The highest BCUT2D eigenvalue weighted by atomic mass is 16.6. The lowest BCUT2D eigenvalue weighted by Crippen LogP contribution is -2.35. The first-order chi connectivity index (χ1) is 12.0. The molecule has 2 rings (SSSR count). The molecule has 0 spiro atoms. The number of nitrogens with zero attached hydrogens (tertiary/aromatic N) is 1. The predicted molar refractivity (Wildman–Crippen MR) is 91.5 cm³/mol. The van der Waals surface area contributed by atoms with Crippen LogP contribution in [-0.4, -0.2) is 23.8 Å². The Morgan fingerprint density at radius 3 is 1.84 bits per heavy atom. The van der Waals surface area contributed by atoms with E-state index >= 15 is 0 Å². The average Bonchev–Trinajstić information content (AvgIpc) is 2.62. The molecule has 0 unspecified atom stereocenters. The molecular formula is C19H19NO5. The highest BCUT2D eigenvalue weighted by molar-refractivity contribution is 5.98. The zero-order valence-corrected chi connectivity index (χ0v) is 14.0. The van der Waals surface area contributed by atoms with Gasteiger partial charge in [0.15, 0.2) is 0 Å². The molecule has 0 saturated carbocycles. The second-order valence-corrected chi connectivity index (χ2v) is 5.69. The number of rotatable bonds is 7. The van der Waals surface area contributed by atoms with Gasteiger partial charge in [0.2, 0.25) is 6.04 Å². The number of esters is 1. The summed E-state index contributed by atoms with van der Waals surface area (Å²) in [6, 6.07) is 15.7. The first kappa shape index (κ1) is 18.3. The Bertz CT molecular complexity index is 745. The van der Waals surface area contributed by atoms with Gasteiger partial charge in [-0.1, -0.05) is 60.7 Å². The van der Waals surface area contributed by atoms with Crippen LogP contribution in [0.4, 0.5) is 0 Å². The summed E-state index contributed by atoms with van der Waals surface area (Å²) >= 11 is 0. The van der Waals surface area contributed by atoms with Gasteiger partial charge >= 0.3 is 5.97 Å². The maximum absolute atomic E-state index is 12.3. The fourth-order valence-corrected chi connectivity index (χ4v) is 3.04. The van der Waals surface area contributed by atoms with Crippen LogP contribution in [0.1, 0.15) is 30.0 Å². The summed E-state index contributed by atoms with van der Waals surface area (Å²) in [4.78, 5) is 35.9. The van der Waals surface area contributed by atoms with E-state index in [0.717, 1.165) is 0 Å². The van der Waals surface area contributed by atoms with Gasteiger partial charge in [0.1, 0.15) is 11.7 Å². The van der Waals surface area contributed by atoms with E-state index in [9.17, 15) is 19.7 Å². The zero-order valence-electron chi connectivity index (χ0n) is 14.0. The number of Topliss-reactive ketones (excluding diaryl/α,β-unsaturated/α-hetero) is 1. The molecule has 0 saturated heterocycles. The van der Waals surface area contributed by atoms with Crippen LogP contribution in [0.15, 0.2) is 60.7 Å². The minimum absolute atomic E-state index is 0.427. The van der Waals surface area contributed by atoms with Gasteiger partial charge in [0.25, 0.3) is 0 Å². The van der Waals surface area contributed by atoms with Gasteiger partial charge < -0.3 is 4.74 Å². The Kier molecular flexibility index (Phi) is 6.00. The molecule has 0 amide bonds. The molecule has 3 atom stereocenters. The molecule has 0 aliphatic heterocycles. The van der Waals surface area contributed by atoms with Crippen LogP contribution in [0.25, 0.3) is 0 Å². The number of ketones is 1. The van der Waals surface area contributed by atoms with Crippen molar-refractivity contribution in [3.8, 4) is 0 Å². The van der Waals surface area contributed by atoms with Crippen LogP contribution < -0.4 is 0 Å². The van der Waals surface area contributed by atoms with Gasteiger partial charge in [0.05, 0.1) is 13.0 Å². The molecule has 0 radical (unpaired) electrons. The van der Waals surface area contributed by atoms with Crippen molar-refractivity contribution in [2.75, 3.05) is 7.11 Å². The van der Waals surface area contributed by atoms with Crippen molar-refractivity contribution in [2.24, 2.45) is 5.92 Å². The quantitative estimate of drug-likeness (QED) is 0.334. The van der Waals surface area contributed by atoms with E-state index in [0.29, 0.717) is 11.1 Å². The van der Waals surface area contributed by atoms with E-state index in [-0.39, 0.29) is 0 Å². The van der Waals surface area contributed by atoms with Crippen LogP contribution >= 0.6 is 0 Å². The summed E-state index contributed by atoms with van der Waals surface area (Å²) in [6.45, 7) is 1.25. The van der Waals surface area contributed by atoms with E-state index < -0.39 is 34.6 Å². The number of carbonyl (C=O) groups excluding carboxylic acids is 2. The lowest BCUT2D eigenvalue weighted by Gasteiger charge is -2.26. The Labute approximate surface area is 145 Å². The Hall–Kier alpha value is -3.02. The van der Waals surface area contributed by atoms with Gasteiger partial charge in [-0.25, -0.2) is 0 Å². The molecule has 0 fully saturated rings. The third-order valence-electron chi connectivity index (χ3n) is 4.15. The molecule has 0 N–H and O–H groups in total. The molecule has 130 valence electrons. The third kappa shape index (κ3) is 4.09. The number of hydrogen-bond donors (Lipinski definition) is 0. The fourth-order valence-electron chi connectivity index (χ4n) is 3.04. The number of ether oxygens (including phenoxy) is 1. The molecule has 0 bridgehead atoms.